The summed E-state index contributed by atoms with van der Waals surface area (Å²) >= 11 is 0. The number of carbonyl (C=O) groups excluding carboxylic acids is 1. The van der Waals surface area contributed by atoms with Crippen LogP contribution in [0, 0.1) is 5.92 Å². The average Bonchev–Trinajstić information content (AvgIpc) is 2.88. The van der Waals surface area contributed by atoms with Crippen molar-refractivity contribution in [1.29, 1.82) is 0 Å². The molecule has 8 heteroatoms. The molecular formula is C27H37N3O4S. The van der Waals surface area contributed by atoms with Crippen molar-refractivity contribution in [3.05, 3.63) is 54.1 Å². The first-order valence-electron chi connectivity index (χ1n) is 12.7. The van der Waals surface area contributed by atoms with Crippen molar-refractivity contribution in [2.24, 2.45) is 5.92 Å². The summed E-state index contributed by atoms with van der Waals surface area (Å²) in [5, 5.41) is 6.54. The van der Waals surface area contributed by atoms with E-state index in [-0.39, 0.29) is 16.8 Å². The summed E-state index contributed by atoms with van der Waals surface area (Å²) in [6.45, 7) is 3.28. The zero-order valence-electron chi connectivity index (χ0n) is 20.7. The molecule has 1 aliphatic heterocycles. The molecule has 1 aliphatic carbocycles. The molecule has 1 amide bonds. The van der Waals surface area contributed by atoms with Crippen LogP contribution in [0.25, 0.3) is 0 Å². The number of benzene rings is 2. The van der Waals surface area contributed by atoms with Crippen LogP contribution >= 0.6 is 0 Å². The minimum Gasteiger partial charge on any atom is -0.497 e. The number of nitrogens with one attached hydrogen (secondary N) is 2. The van der Waals surface area contributed by atoms with Gasteiger partial charge in [0.05, 0.1) is 12.0 Å². The van der Waals surface area contributed by atoms with Crippen molar-refractivity contribution >= 4 is 21.6 Å². The van der Waals surface area contributed by atoms with Gasteiger partial charge in [0.15, 0.2) is 0 Å². The summed E-state index contributed by atoms with van der Waals surface area (Å²) in [5.74, 6) is 1.14. The lowest BCUT2D eigenvalue weighted by Gasteiger charge is -2.29. The van der Waals surface area contributed by atoms with Gasteiger partial charge in [0.1, 0.15) is 11.8 Å². The predicted molar refractivity (Wildman–Crippen MR) is 138 cm³/mol. The molecule has 2 aromatic carbocycles. The molecule has 0 spiro atoms. The maximum Gasteiger partial charge on any atom is 0.247 e. The molecule has 4 rings (SSSR count). The zero-order valence-corrected chi connectivity index (χ0v) is 21.5. The van der Waals surface area contributed by atoms with Gasteiger partial charge >= 0.3 is 0 Å². The quantitative estimate of drug-likeness (QED) is 0.549. The Morgan fingerprint density at radius 3 is 2.34 bits per heavy atom. The van der Waals surface area contributed by atoms with Crippen molar-refractivity contribution in [2.75, 3.05) is 25.5 Å². The molecule has 2 N–H and O–H groups in total. The van der Waals surface area contributed by atoms with E-state index in [0.29, 0.717) is 30.4 Å². The molecule has 1 saturated heterocycles. The predicted octanol–water partition coefficient (Wildman–Crippen LogP) is 4.72. The highest BCUT2D eigenvalue weighted by Gasteiger charge is 2.29. The van der Waals surface area contributed by atoms with Gasteiger partial charge in [0.2, 0.25) is 15.9 Å². The Balaban J connectivity index is 1.52. The Labute approximate surface area is 209 Å². The van der Waals surface area contributed by atoms with Crippen molar-refractivity contribution < 1.29 is 17.9 Å². The van der Waals surface area contributed by atoms with Gasteiger partial charge in [0.25, 0.3) is 0 Å². The van der Waals surface area contributed by atoms with E-state index < -0.39 is 16.1 Å². The minimum atomic E-state index is -3.52. The molecule has 0 radical (unpaired) electrons. The lowest BCUT2D eigenvalue weighted by atomic mass is 9.95. The van der Waals surface area contributed by atoms with E-state index in [1.807, 2.05) is 24.3 Å². The molecule has 0 aromatic heterocycles. The second kappa shape index (κ2) is 11.4. The summed E-state index contributed by atoms with van der Waals surface area (Å²) in [6, 6.07) is 13.7. The van der Waals surface area contributed by atoms with Crippen LogP contribution in [0.1, 0.15) is 63.5 Å². The number of methoxy groups -OCH3 is 1. The van der Waals surface area contributed by atoms with Gasteiger partial charge in [-0.05, 0) is 73.6 Å². The van der Waals surface area contributed by atoms with Gasteiger partial charge < -0.3 is 15.4 Å². The third-order valence-electron chi connectivity index (χ3n) is 7.19. The van der Waals surface area contributed by atoms with Crippen LogP contribution in [0.5, 0.6) is 5.75 Å². The Bertz CT molecular complexity index is 1090. The second-order valence-corrected chi connectivity index (χ2v) is 11.7. The van der Waals surface area contributed by atoms with Crippen molar-refractivity contribution in [1.82, 2.24) is 9.62 Å². The number of piperidine rings is 1. The molecule has 190 valence electrons. The topological polar surface area (TPSA) is 87.7 Å². The fourth-order valence-corrected chi connectivity index (χ4v) is 6.39. The van der Waals surface area contributed by atoms with E-state index in [1.165, 1.54) is 6.42 Å². The fraction of sp³-hybridized carbons (Fsp3) is 0.519. The van der Waals surface area contributed by atoms with Crippen molar-refractivity contribution in [3.63, 3.8) is 0 Å². The van der Waals surface area contributed by atoms with Gasteiger partial charge in [-0.15, -0.1) is 0 Å². The largest absolute Gasteiger partial charge is 0.497 e. The Morgan fingerprint density at radius 2 is 1.69 bits per heavy atom. The van der Waals surface area contributed by atoms with E-state index in [4.69, 9.17) is 4.74 Å². The summed E-state index contributed by atoms with van der Waals surface area (Å²) < 4.78 is 33.1. The third kappa shape index (κ3) is 6.35. The van der Waals surface area contributed by atoms with Crippen LogP contribution < -0.4 is 15.4 Å². The first kappa shape index (κ1) is 25.5. The summed E-state index contributed by atoms with van der Waals surface area (Å²) in [7, 11) is -1.91. The van der Waals surface area contributed by atoms with Gasteiger partial charge in [0, 0.05) is 24.8 Å². The number of ether oxygens (including phenoxy) is 1. The highest BCUT2D eigenvalue weighted by Crippen LogP contribution is 2.28. The van der Waals surface area contributed by atoms with Gasteiger partial charge in [-0.2, -0.15) is 4.31 Å². The highest BCUT2D eigenvalue weighted by atomic mass is 32.2. The minimum absolute atomic E-state index is 0.0933. The Hall–Kier alpha value is -2.58. The number of amides is 1. The molecule has 2 aromatic rings. The molecular weight excluding hydrogens is 462 g/mol. The Kier molecular flexibility index (Phi) is 8.34. The molecule has 1 saturated carbocycles. The van der Waals surface area contributed by atoms with Crippen LogP contribution in [0.3, 0.4) is 0 Å². The summed E-state index contributed by atoms with van der Waals surface area (Å²) in [4.78, 5) is 13.6. The summed E-state index contributed by atoms with van der Waals surface area (Å²) in [5.41, 5.74) is 1.47. The van der Waals surface area contributed by atoms with E-state index in [2.05, 4.69) is 17.6 Å². The Morgan fingerprint density at radius 1 is 1.00 bits per heavy atom. The second-order valence-electron chi connectivity index (χ2n) is 9.81. The summed E-state index contributed by atoms with van der Waals surface area (Å²) in [6.07, 6.45) is 7.25. The third-order valence-corrected chi connectivity index (χ3v) is 9.10. The monoisotopic (exact) mass is 499 g/mol. The molecule has 7 nitrogen and oxygen atoms in total. The molecule has 1 atom stereocenters. The lowest BCUT2D eigenvalue weighted by Crippen LogP contribution is -2.41. The number of rotatable bonds is 8. The van der Waals surface area contributed by atoms with E-state index in [1.54, 1.807) is 35.7 Å². The van der Waals surface area contributed by atoms with Crippen LogP contribution in [-0.4, -0.2) is 44.9 Å². The van der Waals surface area contributed by atoms with Gasteiger partial charge in [-0.3, -0.25) is 4.79 Å². The molecule has 0 bridgehead atoms. The number of hydrogen-bond acceptors (Lipinski definition) is 5. The number of hydrogen-bond donors (Lipinski definition) is 2. The van der Waals surface area contributed by atoms with E-state index >= 15 is 0 Å². The van der Waals surface area contributed by atoms with Crippen LogP contribution in [0.15, 0.2) is 53.4 Å². The SMILES string of the molecule is COc1cccc([C@H](Nc2ccc(S(=O)(=O)N3CCC(C)CC3)cc2)C(=O)NC2CCCCC2)c1. The highest BCUT2D eigenvalue weighted by molar-refractivity contribution is 7.89. The molecule has 0 unspecified atom stereocenters. The lowest BCUT2D eigenvalue weighted by molar-refractivity contribution is -0.122. The standard InChI is InChI=1S/C27H37N3O4S/c1-20-15-17-30(18-16-20)35(32,33)25-13-11-23(12-14-25)28-26(21-7-6-10-24(19-21)34-2)27(31)29-22-8-4-3-5-9-22/h6-7,10-14,19-20,22,26,28H,3-5,8-9,15-18H2,1-2H3,(H,29,31)/t26-/m0/s1. The van der Waals surface area contributed by atoms with Crippen molar-refractivity contribution in [3.8, 4) is 5.75 Å². The van der Waals surface area contributed by atoms with Gasteiger partial charge in [-0.25, -0.2) is 8.42 Å². The first-order chi connectivity index (χ1) is 16.9. The van der Waals surface area contributed by atoms with Crippen molar-refractivity contribution in [2.45, 2.75) is 68.8 Å². The molecule has 1 heterocycles. The molecule has 35 heavy (non-hydrogen) atoms. The number of sulfonamides is 1. The maximum atomic E-state index is 13.4. The zero-order chi connectivity index (χ0) is 24.8. The maximum absolute atomic E-state index is 13.4. The molecule has 2 fully saturated rings. The van der Waals surface area contributed by atoms with E-state index in [0.717, 1.165) is 44.1 Å². The van der Waals surface area contributed by atoms with Crippen LogP contribution in [0.2, 0.25) is 0 Å². The van der Waals surface area contributed by atoms with Crippen LogP contribution in [-0.2, 0) is 14.8 Å². The van der Waals surface area contributed by atoms with Gasteiger partial charge in [-0.1, -0.05) is 38.3 Å². The van der Waals surface area contributed by atoms with Crippen LogP contribution in [0.4, 0.5) is 5.69 Å². The number of carbonyl (C=O) groups is 1. The average molecular weight is 500 g/mol. The first-order valence-corrected chi connectivity index (χ1v) is 14.1. The fourth-order valence-electron chi connectivity index (χ4n) is 4.92. The van der Waals surface area contributed by atoms with E-state index in [9.17, 15) is 13.2 Å². The molecule has 2 aliphatic rings. The smallest absolute Gasteiger partial charge is 0.247 e. The number of nitrogens with zero attached hydrogens (tertiary/aromatic N) is 1. The number of anilines is 1. The normalized spacial score (nSPS) is 19.1.